The van der Waals surface area contributed by atoms with Crippen LogP contribution in [-0.4, -0.2) is 29.8 Å². The van der Waals surface area contributed by atoms with Crippen LogP contribution in [0.4, 0.5) is 0 Å². The number of hydrogen-bond acceptors (Lipinski definition) is 4. The molecule has 3 heterocycles. The Labute approximate surface area is 117 Å². The van der Waals surface area contributed by atoms with Crippen LogP contribution < -0.4 is 9.47 Å². The summed E-state index contributed by atoms with van der Waals surface area (Å²) in [5.74, 6) is 2.99. The second-order valence-electron chi connectivity index (χ2n) is 5.55. The Hall–Kier alpha value is -1.75. The first kappa shape index (κ1) is 12.0. The van der Waals surface area contributed by atoms with Gasteiger partial charge in [-0.15, -0.1) is 0 Å². The highest BCUT2D eigenvalue weighted by molar-refractivity contribution is 5.80. The molecular weight excluding hydrogens is 256 g/mol. The van der Waals surface area contributed by atoms with Gasteiger partial charge in [-0.2, -0.15) is 0 Å². The van der Waals surface area contributed by atoms with E-state index in [9.17, 15) is 0 Å². The number of hydrogen-bond donors (Lipinski definition) is 1. The van der Waals surface area contributed by atoms with Gasteiger partial charge < -0.3 is 19.2 Å². The van der Waals surface area contributed by atoms with Crippen molar-refractivity contribution in [3.63, 3.8) is 0 Å². The van der Waals surface area contributed by atoms with Crippen LogP contribution in [0.3, 0.4) is 0 Å². The molecule has 1 saturated heterocycles. The molecular formula is C15H18N2O3. The van der Waals surface area contributed by atoms with Gasteiger partial charge in [-0.05, 0) is 12.3 Å². The molecule has 2 atom stereocenters. The Morgan fingerprint density at radius 2 is 1.95 bits per heavy atom. The molecule has 1 aromatic carbocycles. The van der Waals surface area contributed by atoms with Gasteiger partial charge in [0.05, 0.1) is 24.2 Å². The van der Waals surface area contributed by atoms with Crippen molar-refractivity contribution in [2.24, 2.45) is 5.92 Å². The molecule has 0 bridgehead atoms. The monoisotopic (exact) mass is 274 g/mol. The fraction of sp³-hybridized carbons (Fsp3) is 0.533. The number of imidazole rings is 1. The lowest BCUT2D eigenvalue weighted by Crippen LogP contribution is -2.05. The molecule has 4 rings (SSSR count). The minimum atomic E-state index is 0.0732. The molecule has 5 nitrogen and oxygen atoms in total. The second kappa shape index (κ2) is 4.66. The van der Waals surface area contributed by atoms with E-state index < -0.39 is 0 Å². The molecule has 1 N–H and O–H groups in total. The molecule has 2 unspecified atom stereocenters. The van der Waals surface area contributed by atoms with Gasteiger partial charge in [0.15, 0.2) is 11.5 Å². The molecule has 0 aliphatic carbocycles. The third-order valence-corrected chi connectivity index (χ3v) is 4.03. The minimum absolute atomic E-state index is 0.0732. The van der Waals surface area contributed by atoms with E-state index in [1.165, 1.54) is 0 Å². The number of nitrogens with one attached hydrogen (secondary N) is 1. The quantitative estimate of drug-likeness (QED) is 0.868. The number of H-pyrrole nitrogens is 1. The largest absolute Gasteiger partial charge is 0.489 e. The van der Waals surface area contributed by atoms with E-state index in [1.807, 2.05) is 12.1 Å². The van der Waals surface area contributed by atoms with E-state index in [-0.39, 0.29) is 6.10 Å². The Balaban J connectivity index is 1.76. The standard InChI is InChI=1S/C15H18N2O3/c1-9-3-6-20-14(9)15-16-10-7-12-13(8-11(10)17-15)19-5-2-4-18-12/h7-9,14H,2-6H2,1H3,(H,16,17). The van der Waals surface area contributed by atoms with Crippen molar-refractivity contribution in [3.8, 4) is 11.5 Å². The maximum atomic E-state index is 5.77. The molecule has 5 heteroatoms. The van der Waals surface area contributed by atoms with Gasteiger partial charge in [0.25, 0.3) is 0 Å². The van der Waals surface area contributed by atoms with Gasteiger partial charge in [0.1, 0.15) is 11.9 Å². The highest BCUT2D eigenvalue weighted by Gasteiger charge is 2.28. The van der Waals surface area contributed by atoms with Crippen LogP contribution in [0.25, 0.3) is 11.0 Å². The van der Waals surface area contributed by atoms with Crippen molar-refractivity contribution >= 4 is 11.0 Å². The van der Waals surface area contributed by atoms with Crippen molar-refractivity contribution in [1.29, 1.82) is 0 Å². The minimum Gasteiger partial charge on any atom is -0.489 e. The van der Waals surface area contributed by atoms with E-state index in [4.69, 9.17) is 14.2 Å². The highest BCUT2D eigenvalue weighted by Crippen LogP contribution is 2.37. The Morgan fingerprint density at radius 3 is 2.70 bits per heavy atom. The summed E-state index contributed by atoms with van der Waals surface area (Å²) in [6.45, 7) is 4.40. The van der Waals surface area contributed by atoms with Gasteiger partial charge in [-0.1, -0.05) is 6.92 Å². The number of ether oxygens (including phenoxy) is 3. The van der Waals surface area contributed by atoms with Crippen molar-refractivity contribution in [2.45, 2.75) is 25.9 Å². The molecule has 20 heavy (non-hydrogen) atoms. The van der Waals surface area contributed by atoms with Gasteiger partial charge in [0.2, 0.25) is 0 Å². The maximum Gasteiger partial charge on any atom is 0.163 e. The summed E-state index contributed by atoms with van der Waals surface area (Å²) in [6.07, 6.45) is 2.07. The average Bonchev–Trinajstić information content (AvgIpc) is 2.96. The molecule has 2 aliphatic heterocycles. The zero-order valence-electron chi connectivity index (χ0n) is 11.5. The molecule has 0 amide bonds. The summed E-state index contributed by atoms with van der Waals surface area (Å²) < 4.78 is 17.2. The summed E-state index contributed by atoms with van der Waals surface area (Å²) in [5, 5.41) is 0. The first-order valence-electron chi connectivity index (χ1n) is 7.22. The van der Waals surface area contributed by atoms with Gasteiger partial charge >= 0.3 is 0 Å². The predicted octanol–water partition coefficient (Wildman–Crippen LogP) is 2.82. The number of rotatable bonds is 1. The van der Waals surface area contributed by atoms with Crippen molar-refractivity contribution in [3.05, 3.63) is 18.0 Å². The molecule has 1 aromatic heterocycles. The van der Waals surface area contributed by atoms with Crippen LogP contribution >= 0.6 is 0 Å². The fourth-order valence-electron chi connectivity index (χ4n) is 2.87. The van der Waals surface area contributed by atoms with Crippen LogP contribution in [0.15, 0.2) is 12.1 Å². The first-order chi connectivity index (χ1) is 9.81. The zero-order chi connectivity index (χ0) is 13.5. The summed E-state index contributed by atoms with van der Waals surface area (Å²) in [7, 11) is 0. The lowest BCUT2D eigenvalue weighted by Gasteiger charge is -2.10. The van der Waals surface area contributed by atoms with Gasteiger partial charge in [0, 0.05) is 25.2 Å². The van der Waals surface area contributed by atoms with E-state index in [1.54, 1.807) is 0 Å². The van der Waals surface area contributed by atoms with E-state index in [0.717, 1.165) is 47.8 Å². The summed E-state index contributed by atoms with van der Waals surface area (Å²) >= 11 is 0. The Bertz CT molecular complexity index is 594. The normalized spacial score (nSPS) is 25.9. The summed E-state index contributed by atoms with van der Waals surface area (Å²) in [6, 6.07) is 3.93. The molecule has 2 aliphatic rings. The molecule has 1 fully saturated rings. The fourth-order valence-corrected chi connectivity index (χ4v) is 2.87. The predicted molar refractivity (Wildman–Crippen MR) is 74.2 cm³/mol. The molecule has 0 spiro atoms. The number of nitrogens with zero attached hydrogens (tertiary/aromatic N) is 1. The Kier molecular flexibility index (Phi) is 2.80. The molecule has 0 radical (unpaired) electrons. The van der Waals surface area contributed by atoms with Gasteiger partial charge in [-0.25, -0.2) is 4.98 Å². The smallest absolute Gasteiger partial charge is 0.163 e. The van der Waals surface area contributed by atoms with Crippen molar-refractivity contribution < 1.29 is 14.2 Å². The third kappa shape index (κ3) is 1.93. The lowest BCUT2D eigenvalue weighted by molar-refractivity contribution is 0.0883. The number of aromatic amines is 1. The van der Waals surface area contributed by atoms with Crippen LogP contribution in [0, 0.1) is 5.92 Å². The van der Waals surface area contributed by atoms with Crippen LogP contribution in [0.1, 0.15) is 31.7 Å². The first-order valence-corrected chi connectivity index (χ1v) is 7.22. The molecule has 2 aromatic rings. The average molecular weight is 274 g/mol. The van der Waals surface area contributed by atoms with Crippen LogP contribution in [-0.2, 0) is 4.74 Å². The third-order valence-electron chi connectivity index (χ3n) is 4.03. The zero-order valence-corrected chi connectivity index (χ0v) is 11.5. The van der Waals surface area contributed by atoms with E-state index in [2.05, 4.69) is 16.9 Å². The lowest BCUT2D eigenvalue weighted by atomic mass is 10.0. The maximum absolute atomic E-state index is 5.77. The number of aromatic nitrogens is 2. The van der Waals surface area contributed by atoms with Crippen LogP contribution in [0.2, 0.25) is 0 Å². The number of benzene rings is 1. The summed E-state index contributed by atoms with van der Waals surface area (Å²) in [4.78, 5) is 8.03. The topological polar surface area (TPSA) is 56.4 Å². The Morgan fingerprint density at radius 1 is 1.15 bits per heavy atom. The number of fused-ring (bicyclic) bond motifs is 2. The molecule has 106 valence electrons. The van der Waals surface area contributed by atoms with E-state index >= 15 is 0 Å². The molecule has 0 saturated carbocycles. The van der Waals surface area contributed by atoms with Crippen molar-refractivity contribution in [2.75, 3.05) is 19.8 Å². The summed E-state index contributed by atoms with van der Waals surface area (Å²) in [5.41, 5.74) is 1.89. The highest BCUT2D eigenvalue weighted by atomic mass is 16.5. The van der Waals surface area contributed by atoms with Crippen molar-refractivity contribution in [1.82, 2.24) is 9.97 Å². The second-order valence-corrected chi connectivity index (χ2v) is 5.55. The van der Waals surface area contributed by atoms with Crippen LogP contribution in [0.5, 0.6) is 11.5 Å². The van der Waals surface area contributed by atoms with E-state index in [0.29, 0.717) is 19.1 Å². The van der Waals surface area contributed by atoms with Gasteiger partial charge in [-0.3, -0.25) is 0 Å². The SMILES string of the molecule is CC1CCOC1c1nc2cc3c(cc2[nH]1)OCCCO3.